The Kier molecular flexibility index (Phi) is 3.59. The summed E-state index contributed by atoms with van der Waals surface area (Å²) >= 11 is 0. The van der Waals surface area contributed by atoms with E-state index in [0.717, 1.165) is 5.69 Å². The van der Waals surface area contributed by atoms with E-state index in [1.807, 2.05) is 12.1 Å². The van der Waals surface area contributed by atoms with Crippen molar-refractivity contribution in [2.45, 2.75) is 31.7 Å². The number of pyridine rings is 1. The number of ether oxygens (including phenoxy) is 1. The smallest absolute Gasteiger partial charge is 0.237 e. The molecule has 104 valence electrons. The lowest BCUT2D eigenvalue weighted by molar-refractivity contribution is 0.366. The van der Waals surface area contributed by atoms with Gasteiger partial charge in [-0.2, -0.15) is 0 Å². The maximum absolute atomic E-state index is 5.27. The second-order valence-electron chi connectivity index (χ2n) is 5.43. The van der Waals surface area contributed by atoms with Gasteiger partial charge in [0.15, 0.2) is 0 Å². The zero-order valence-corrected chi connectivity index (χ0v) is 12.0. The third-order valence-corrected chi connectivity index (χ3v) is 4.09. The zero-order valence-electron chi connectivity index (χ0n) is 12.0. The van der Waals surface area contributed by atoms with Crippen molar-refractivity contribution in [1.29, 1.82) is 0 Å². The fourth-order valence-corrected chi connectivity index (χ4v) is 2.92. The molecule has 1 heterocycles. The van der Waals surface area contributed by atoms with Crippen LogP contribution in [0.4, 0.5) is 5.69 Å². The van der Waals surface area contributed by atoms with Gasteiger partial charge in [0.1, 0.15) is 0 Å². The molecule has 0 spiro atoms. The Bertz CT molecular complexity index is 591. The van der Waals surface area contributed by atoms with E-state index in [4.69, 9.17) is 4.74 Å². The molecule has 1 aromatic heterocycles. The van der Waals surface area contributed by atoms with Crippen LogP contribution in [0.15, 0.2) is 42.6 Å². The highest BCUT2D eigenvalue weighted by molar-refractivity contribution is 5.53. The van der Waals surface area contributed by atoms with Gasteiger partial charge in [-0.3, -0.25) is 0 Å². The predicted molar refractivity (Wildman–Crippen MR) is 81.4 cm³/mol. The van der Waals surface area contributed by atoms with E-state index in [1.54, 1.807) is 13.3 Å². The number of aryl methyl sites for hydroxylation is 1. The van der Waals surface area contributed by atoms with Gasteiger partial charge in [-0.15, -0.1) is 0 Å². The minimum Gasteiger partial charge on any atom is -0.480 e. The number of hydrogen-bond acceptors (Lipinski definition) is 3. The lowest BCUT2D eigenvalue weighted by Crippen LogP contribution is -2.34. The highest BCUT2D eigenvalue weighted by Crippen LogP contribution is 2.40. The molecule has 1 N–H and O–H groups in total. The Hall–Kier alpha value is -2.03. The second kappa shape index (κ2) is 5.53. The first-order valence-corrected chi connectivity index (χ1v) is 7.09. The summed E-state index contributed by atoms with van der Waals surface area (Å²) < 4.78 is 5.27. The van der Waals surface area contributed by atoms with E-state index in [1.165, 1.54) is 24.0 Å². The fraction of sp³-hybridized carbons (Fsp3) is 0.353. The van der Waals surface area contributed by atoms with Crippen LogP contribution >= 0.6 is 0 Å². The summed E-state index contributed by atoms with van der Waals surface area (Å²) in [6.45, 7) is 2.19. The normalized spacial score (nSPS) is 21.1. The molecule has 3 heteroatoms. The summed E-state index contributed by atoms with van der Waals surface area (Å²) in [5.41, 5.74) is 3.88. The predicted octanol–water partition coefficient (Wildman–Crippen LogP) is 3.76. The second-order valence-corrected chi connectivity index (χ2v) is 5.43. The first kappa shape index (κ1) is 13.0. The Morgan fingerprint density at radius 3 is 2.70 bits per heavy atom. The van der Waals surface area contributed by atoms with Crippen molar-refractivity contribution in [3.05, 3.63) is 53.7 Å². The molecule has 1 saturated carbocycles. The number of methoxy groups -OCH3 is 1. The molecule has 2 aromatic rings. The Labute approximate surface area is 120 Å². The van der Waals surface area contributed by atoms with E-state index >= 15 is 0 Å². The summed E-state index contributed by atoms with van der Waals surface area (Å²) in [5.74, 6) is 1.35. The van der Waals surface area contributed by atoms with Crippen molar-refractivity contribution in [1.82, 2.24) is 4.98 Å². The SMILES string of the molecule is COc1ncccc1NC1CC(c2ccccc2C)C1. The van der Waals surface area contributed by atoms with E-state index < -0.39 is 0 Å². The van der Waals surface area contributed by atoms with Gasteiger partial charge in [-0.1, -0.05) is 24.3 Å². The molecule has 0 atom stereocenters. The fourth-order valence-electron chi connectivity index (χ4n) is 2.92. The van der Waals surface area contributed by atoms with Crippen molar-refractivity contribution in [2.24, 2.45) is 0 Å². The molecule has 0 bridgehead atoms. The van der Waals surface area contributed by atoms with E-state index in [-0.39, 0.29) is 0 Å². The van der Waals surface area contributed by atoms with Crippen LogP contribution in [0.1, 0.15) is 29.9 Å². The van der Waals surface area contributed by atoms with Crippen molar-refractivity contribution < 1.29 is 4.74 Å². The van der Waals surface area contributed by atoms with Crippen LogP contribution < -0.4 is 10.1 Å². The first-order chi connectivity index (χ1) is 9.78. The number of nitrogens with one attached hydrogen (secondary N) is 1. The molecule has 3 nitrogen and oxygen atoms in total. The van der Waals surface area contributed by atoms with Crippen LogP contribution in [-0.4, -0.2) is 18.1 Å². The highest BCUT2D eigenvalue weighted by atomic mass is 16.5. The molecule has 3 rings (SSSR count). The topological polar surface area (TPSA) is 34.1 Å². The van der Waals surface area contributed by atoms with Gasteiger partial charge in [0, 0.05) is 12.2 Å². The largest absolute Gasteiger partial charge is 0.480 e. The number of anilines is 1. The third kappa shape index (κ3) is 2.48. The van der Waals surface area contributed by atoms with E-state index in [0.29, 0.717) is 17.8 Å². The average molecular weight is 268 g/mol. The lowest BCUT2D eigenvalue weighted by atomic mass is 9.74. The van der Waals surface area contributed by atoms with Crippen molar-refractivity contribution in [2.75, 3.05) is 12.4 Å². The Morgan fingerprint density at radius 2 is 1.95 bits per heavy atom. The van der Waals surface area contributed by atoms with Crippen LogP contribution in [-0.2, 0) is 0 Å². The number of nitrogens with zero attached hydrogens (tertiary/aromatic N) is 1. The van der Waals surface area contributed by atoms with Crippen LogP contribution in [0.5, 0.6) is 5.88 Å². The maximum atomic E-state index is 5.27. The van der Waals surface area contributed by atoms with Gasteiger partial charge in [0.25, 0.3) is 0 Å². The van der Waals surface area contributed by atoms with Gasteiger partial charge in [-0.05, 0) is 48.9 Å². The number of aromatic nitrogens is 1. The summed E-state index contributed by atoms with van der Waals surface area (Å²) in [4.78, 5) is 4.22. The summed E-state index contributed by atoms with van der Waals surface area (Å²) in [6, 6.07) is 13.1. The molecule has 0 aliphatic heterocycles. The third-order valence-electron chi connectivity index (χ3n) is 4.09. The van der Waals surface area contributed by atoms with E-state index in [9.17, 15) is 0 Å². The minimum atomic E-state index is 0.512. The molecule has 1 aliphatic carbocycles. The summed E-state index contributed by atoms with van der Waals surface area (Å²) in [5, 5.41) is 3.53. The van der Waals surface area contributed by atoms with Crippen molar-refractivity contribution >= 4 is 5.69 Å². The van der Waals surface area contributed by atoms with Crippen LogP contribution in [0, 0.1) is 6.92 Å². The van der Waals surface area contributed by atoms with Gasteiger partial charge < -0.3 is 10.1 Å². The van der Waals surface area contributed by atoms with Gasteiger partial charge in [0.05, 0.1) is 12.8 Å². The van der Waals surface area contributed by atoms with Crippen LogP contribution in [0.2, 0.25) is 0 Å². The standard InChI is InChI=1S/C17H20N2O/c1-12-6-3-4-7-15(12)13-10-14(11-13)19-16-8-5-9-18-17(16)20-2/h3-9,13-14,19H,10-11H2,1-2H3. The number of benzene rings is 1. The van der Waals surface area contributed by atoms with Gasteiger partial charge >= 0.3 is 0 Å². The molecule has 1 aliphatic rings. The molecule has 20 heavy (non-hydrogen) atoms. The first-order valence-electron chi connectivity index (χ1n) is 7.09. The Balaban J connectivity index is 1.63. The van der Waals surface area contributed by atoms with Crippen molar-refractivity contribution in [3.8, 4) is 5.88 Å². The zero-order chi connectivity index (χ0) is 13.9. The van der Waals surface area contributed by atoms with Crippen LogP contribution in [0.25, 0.3) is 0 Å². The molecule has 1 aromatic carbocycles. The summed E-state index contributed by atoms with van der Waals surface area (Å²) in [6.07, 6.45) is 4.09. The average Bonchev–Trinajstić information content (AvgIpc) is 2.44. The minimum absolute atomic E-state index is 0.512. The quantitative estimate of drug-likeness (QED) is 0.916. The monoisotopic (exact) mass is 268 g/mol. The number of hydrogen-bond donors (Lipinski definition) is 1. The van der Waals surface area contributed by atoms with Gasteiger partial charge in [0.2, 0.25) is 5.88 Å². The molecule has 0 radical (unpaired) electrons. The lowest BCUT2D eigenvalue weighted by Gasteiger charge is -2.37. The molecular formula is C17H20N2O. The van der Waals surface area contributed by atoms with Crippen LogP contribution in [0.3, 0.4) is 0 Å². The Morgan fingerprint density at radius 1 is 1.15 bits per heavy atom. The van der Waals surface area contributed by atoms with Gasteiger partial charge in [-0.25, -0.2) is 4.98 Å². The number of rotatable bonds is 4. The van der Waals surface area contributed by atoms with E-state index in [2.05, 4.69) is 41.5 Å². The highest BCUT2D eigenvalue weighted by Gasteiger charge is 2.31. The molecular weight excluding hydrogens is 248 g/mol. The molecule has 0 saturated heterocycles. The summed E-state index contributed by atoms with van der Waals surface area (Å²) in [7, 11) is 1.66. The molecule has 1 fully saturated rings. The maximum Gasteiger partial charge on any atom is 0.237 e. The molecule has 0 unspecified atom stereocenters. The molecule has 0 amide bonds. The van der Waals surface area contributed by atoms with Crippen molar-refractivity contribution in [3.63, 3.8) is 0 Å².